The topological polar surface area (TPSA) is 53.4 Å². The Hall–Kier alpha value is -1.62. The quantitative estimate of drug-likeness (QED) is 0.942. The molecule has 0 saturated carbocycles. The molecule has 2 unspecified atom stereocenters. The first-order chi connectivity index (χ1) is 10.2. The van der Waals surface area contributed by atoms with Crippen LogP contribution in [0.5, 0.6) is 0 Å². The minimum atomic E-state index is -0.656. The van der Waals surface area contributed by atoms with E-state index in [4.69, 9.17) is 5.11 Å². The van der Waals surface area contributed by atoms with Gasteiger partial charge in [0.05, 0.1) is 5.52 Å². The van der Waals surface area contributed by atoms with Crippen molar-refractivity contribution in [1.29, 1.82) is 0 Å². The standard InChI is InChI=1S/C16H18N2O2S/c19-15(20)9-10-7-11-5-6-12(8-10)18(11)16-13-3-1-2-4-14(13)17-21-16/h1-4,10-12H,5-9H2,(H,19,20). The largest absolute Gasteiger partial charge is 0.481 e. The van der Waals surface area contributed by atoms with Crippen molar-refractivity contribution in [2.45, 2.75) is 44.2 Å². The fourth-order valence-electron chi connectivity index (χ4n) is 4.10. The Morgan fingerprint density at radius 2 is 2.00 bits per heavy atom. The Morgan fingerprint density at radius 1 is 1.29 bits per heavy atom. The molecule has 2 aliphatic heterocycles. The molecule has 0 aliphatic carbocycles. The molecule has 1 N–H and O–H groups in total. The van der Waals surface area contributed by atoms with Gasteiger partial charge in [-0.1, -0.05) is 12.1 Å². The maximum Gasteiger partial charge on any atom is 0.303 e. The predicted molar refractivity (Wildman–Crippen MR) is 83.9 cm³/mol. The molecule has 110 valence electrons. The number of hydrogen-bond acceptors (Lipinski definition) is 4. The number of aliphatic carboxylic acids is 1. The molecule has 2 aliphatic rings. The Morgan fingerprint density at radius 3 is 2.71 bits per heavy atom. The van der Waals surface area contributed by atoms with Gasteiger partial charge < -0.3 is 10.0 Å². The summed E-state index contributed by atoms with van der Waals surface area (Å²) in [5.74, 6) is -0.313. The molecule has 1 aromatic heterocycles. The average molecular weight is 302 g/mol. The summed E-state index contributed by atoms with van der Waals surface area (Å²) >= 11 is 1.59. The Labute approximate surface area is 127 Å². The number of anilines is 1. The molecule has 2 aromatic rings. The van der Waals surface area contributed by atoms with E-state index in [0.717, 1.165) is 18.4 Å². The number of carboxylic acids is 1. The first-order valence-electron chi connectivity index (χ1n) is 7.57. The number of carboxylic acid groups (broad SMARTS) is 1. The van der Waals surface area contributed by atoms with Crippen LogP contribution in [0.1, 0.15) is 32.1 Å². The SMILES string of the molecule is O=C(O)CC1CC2CCC(C1)N2c1snc2ccccc12. The van der Waals surface area contributed by atoms with Crippen molar-refractivity contribution in [3.8, 4) is 0 Å². The zero-order valence-electron chi connectivity index (χ0n) is 11.7. The van der Waals surface area contributed by atoms with Crippen LogP contribution in [0.3, 0.4) is 0 Å². The van der Waals surface area contributed by atoms with Gasteiger partial charge in [0, 0.05) is 23.9 Å². The van der Waals surface area contributed by atoms with Crippen molar-refractivity contribution < 1.29 is 9.90 Å². The molecule has 0 spiro atoms. The molecule has 2 atom stereocenters. The normalized spacial score (nSPS) is 28.2. The molecular formula is C16H18N2O2S. The highest BCUT2D eigenvalue weighted by atomic mass is 32.1. The van der Waals surface area contributed by atoms with E-state index in [0.29, 0.717) is 24.4 Å². The van der Waals surface area contributed by atoms with Crippen LogP contribution in [0.4, 0.5) is 5.00 Å². The van der Waals surface area contributed by atoms with Gasteiger partial charge in [-0.15, -0.1) is 0 Å². The lowest BCUT2D eigenvalue weighted by atomic mass is 9.88. The van der Waals surface area contributed by atoms with E-state index < -0.39 is 5.97 Å². The predicted octanol–water partition coefficient (Wildman–Crippen LogP) is 3.52. The zero-order chi connectivity index (χ0) is 14.4. The van der Waals surface area contributed by atoms with E-state index in [1.54, 1.807) is 11.5 Å². The minimum absolute atomic E-state index is 0.324. The van der Waals surface area contributed by atoms with Crippen LogP contribution in [0.2, 0.25) is 0 Å². The molecule has 5 heteroatoms. The van der Waals surface area contributed by atoms with E-state index >= 15 is 0 Å². The van der Waals surface area contributed by atoms with Crippen LogP contribution in [-0.4, -0.2) is 27.5 Å². The lowest BCUT2D eigenvalue weighted by Crippen LogP contribution is -2.43. The summed E-state index contributed by atoms with van der Waals surface area (Å²) < 4.78 is 4.56. The fourth-order valence-corrected chi connectivity index (χ4v) is 5.10. The third kappa shape index (κ3) is 2.20. The van der Waals surface area contributed by atoms with Gasteiger partial charge in [-0.25, -0.2) is 0 Å². The summed E-state index contributed by atoms with van der Waals surface area (Å²) in [5.41, 5.74) is 1.07. The second kappa shape index (κ2) is 4.98. The number of rotatable bonds is 3. The molecule has 2 fully saturated rings. The van der Waals surface area contributed by atoms with Crippen molar-refractivity contribution in [2.75, 3.05) is 4.90 Å². The Bertz CT molecular complexity index is 670. The van der Waals surface area contributed by atoms with Crippen molar-refractivity contribution in [1.82, 2.24) is 4.37 Å². The smallest absolute Gasteiger partial charge is 0.303 e. The van der Waals surface area contributed by atoms with E-state index in [1.165, 1.54) is 23.2 Å². The van der Waals surface area contributed by atoms with Gasteiger partial charge in [0.2, 0.25) is 0 Å². The summed E-state index contributed by atoms with van der Waals surface area (Å²) in [5, 5.41) is 11.6. The van der Waals surface area contributed by atoms with Crippen LogP contribution in [0.25, 0.3) is 10.9 Å². The van der Waals surface area contributed by atoms with Gasteiger partial charge in [-0.05, 0) is 55.3 Å². The molecular weight excluding hydrogens is 284 g/mol. The first-order valence-corrected chi connectivity index (χ1v) is 8.34. The second-order valence-corrected chi connectivity index (χ2v) is 6.98. The third-order valence-corrected chi connectivity index (χ3v) is 5.79. The van der Waals surface area contributed by atoms with Gasteiger partial charge >= 0.3 is 5.97 Å². The van der Waals surface area contributed by atoms with Gasteiger partial charge in [0.1, 0.15) is 5.00 Å². The zero-order valence-corrected chi connectivity index (χ0v) is 12.6. The highest BCUT2D eigenvalue weighted by molar-refractivity contribution is 7.11. The Kier molecular flexibility index (Phi) is 3.10. The van der Waals surface area contributed by atoms with Crippen LogP contribution in [0.15, 0.2) is 24.3 Å². The van der Waals surface area contributed by atoms with Crippen molar-refractivity contribution in [2.24, 2.45) is 5.92 Å². The summed E-state index contributed by atoms with van der Waals surface area (Å²) in [6, 6.07) is 9.30. The van der Waals surface area contributed by atoms with Gasteiger partial charge in [0.25, 0.3) is 0 Å². The van der Waals surface area contributed by atoms with Crippen molar-refractivity contribution in [3.63, 3.8) is 0 Å². The third-order valence-electron chi connectivity index (χ3n) is 4.89. The first kappa shape index (κ1) is 13.1. The van der Waals surface area contributed by atoms with Crippen molar-refractivity contribution >= 4 is 33.4 Å². The molecule has 1 aromatic carbocycles. The molecule has 3 heterocycles. The Balaban J connectivity index is 1.64. The molecule has 21 heavy (non-hydrogen) atoms. The fraction of sp³-hybridized carbons (Fsp3) is 0.500. The summed E-state index contributed by atoms with van der Waals surface area (Å²) in [7, 11) is 0. The van der Waals surface area contributed by atoms with Crippen LogP contribution >= 0.6 is 11.5 Å². The van der Waals surface area contributed by atoms with Gasteiger partial charge in [-0.2, -0.15) is 4.37 Å². The number of aromatic nitrogens is 1. The molecule has 2 saturated heterocycles. The lowest BCUT2D eigenvalue weighted by molar-refractivity contribution is -0.138. The van der Waals surface area contributed by atoms with Crippen molar-refractivity contribution in [3.05, 3.63) is 24.3 Å². The molecule has 0 amide bonds. The van der Waals surface area contributed by atoms with Crippen LogP contribution < -0.4 is 4.90 Å². The molecule has 4 rings (SSSR count). The van der Waals surface area contributed by atoms with E-state index in [2.05, 4.69) is 27.5 Å². The second-order valence-electron chi connectivity index (χ2n) is 6.23. The number of nitrogens with zero attached hydrogens (tertiary/aromatic N) is 2. The van der Waals surface area contributed by atoms with E-state index in [9.17, 15) is 4.79 Å². The van der Waals surface area contributed by atoms with E-state index in [1.807, 2.05) is 6.07 Å². The number of piperidine rings is 1. The van der Waals surface area contributed by atoms with Crippen LogP contribution in [-0.2, 0) is 4.79 Å². The highest BCUT2D eigenvalue weighted by Gasteiger charge is 2.42. The van der Waals surface area contributed by atoms with Gasteiger partial charge in [-0.3, -0.25) is 4.79 Å². The average Bonchev–Trinajstić information content (AvgIpc) is 2.97. The minimum Gasteiger partial charge on any atom is -0.481 e. The summed E-state index contributed by atoms with van der Waals surface area (Å²) in [6.07, 6.45) is 4.72. The lowest BCUT2D eigenvalue weighted by Gasteiger charge is -2.39. The maximum atomic E-state index is 11.0. The number of hydrogen-bond donors (Lipinski definition) is 1. The maximum absolute atomic E-state index is 11.0. The number of carbonyl (C=O) groups is 1. The van der Waals surface area contributed by atoms with Crippen LogP contribution in [0, 0.1) is 5.92 Å². The molecule has 2 bridgehead atoms. The number of benzene rings is 1. The summed E-state index contributed by atoms with van der Waals surface area (Å²) in [6.45, 7) is 0. The monoisotopic (exact) mass is 302 g/mol. The molecule has 0 radical (unpaired) electrons. The number of fused-ring (bicyclic) bond motifs is 3. The summed E-state index contributed by atoms with van der Waals surface area (Å²) in [4.78, 5) is 13.5. The highest BCUT2D eigenvalue weighted by Crippen LogP contribution is 2.46. The van der Waals surface area contributed by atoms with Gasteiger partial charge in [0.15, 0.2) is 0 Å². The molecule has 4 nitrogen and oxygen atoms in total. The van der Waals surface area contributed by atoms with E-state index in [-0.39, 0.29) is 0 Å².